The van der Waals surface area contributed by atoms with Crippen LogP contribution in [0, 0.1) is 5.82 Å². The van der Waals surface area contributed by atoms with Crippen molar-refractivity contribution in [3.8, 4) is 0 Å². The summed E-state index contributed by atoms with van der Waals surface area (Å²) in [6, 6.07) is 10.1. The maximum absolute atomic E-state index is 14.0. The molecule has 0 aliphatic heterocycles. The Morgan fingerprint density at radius 3 is 2.50 bits per heavy atom. The third kappa shape index (κ3) is 3.44. The van der Waals surface area contributed by atoms with Gasteiger partial charge in [-0.05, 0) is 42.8 Å². The normalized spacial score (nSPS) is 12.4. The lowest BCUT2D eigenvalue weighted by atomic mass is 9.98. The van der Waals surface area contributed by atoms with Crippen LogP contribution in [0.3, 0.4) is 0 Å². The summed E-state index contributed by atoms with van der Waals surface area (Å²) in [4.78, 5) is 0. The van der Waals surface area contributed by atoms with E-state index < -0.39 is 0 Å². The average Bonchev–Trinajstić information content (AvgIpc) is 2.41. The molecule has 0 aliphatic rings. The number of likely N-dealkylation sites (N-methyl/N-ethyl adjacent to an activating group) is 1. The highest BCUT2D eigenvalue weighted by molar-refractivity contribution is 6.35. The van der Waals surface area contributed by atoms with Gasteiger partial charge in [-0.15, -0.1) is 0 Å². The molecule has 1 nitrogen and oxygen atoms in total. The molecule has 1 atom stereocenters. The zero-order chi connectivity index (χ0) is 14.7. The Bertz CT molecular complexity index is 616. The highest BCUT2D eigenvalue weighted by Gasteiger charge is 2.16. The molecular weight excluding hydrogens is 320 g/mol. The first kappa shape index (κ1) is 15.6. The zero-order valence-corrected chi connectivity index (χ0v) is 13.0. The fourth-order valence-electron chi connectivity index (χ4n) is 2.08. The van der Waals surface area contributed by atoms with Crippen LogP contribution in [-0.4, -0.2) is 7.05 Å². The maximum atomic E-state index is 14.0. The molecule has 5 heteroatoms. The van der Waals surface area contributed by atoms with Gasteiger partial charge in [0.15, 0.2) is 0 Å². The van der Waals surface area contributed by atoms with Crippen molar-refractivity contribution in [2.75, 3.05) is 7.05 Å². The van der Waals surface area contributed by atoms with Crippen molar-refractivity contribution in [1.82, 2.24) is 5.32 Å². The van der Waals surface area contributed by atoms with Gasteiger partial charge in [0, 0.05) is 16.1 Å². The summed E-state index contributed by atoms with van der Waals surface area (Å²) in [6.07, 6.45) is 0.449. The standard InChI is InChI=1S/C15H13Cl3FN/c1-20-14(11-6-5-10(16)8-13(11)18)7-9-3-2-4-12(17)15(9)19/h2-6,8,14,20H,7H2,1H3. The van der Waals surface area contributed by atoms with Crippen LogP contribution in [0.4, 0.5) is 4.39 Å². The Morgan fingerprint density at radius 1 is 1.10 bits per heavy atom. The van der Waals surface area contributed by atoms with E-state index >= 15 is 0 Å². The molecule has 0 saturated heterocycles. The van der Waals surface area contributed by atoms with Crippen molar-refractivity contribution in [2.45, 2.75) is 12.5 Å². The summed E-state index contributed by atoms with van der Waals surface area (Å²) in [7, 11) is 1.80. The van der Waals surface area contributed by atoms with Crippen molar-refractivity contribution in [3.05, 3.63) is 68.4 Å². The van der Waals surface area contributed by atoms with Crippen molar-refractivity contribution in [1.29, 1.82) is 0 Å². The highest BCUT2D eigenvalue weighted by atomic mass is 35.5. The van der Waals surface area contributed by atoms with Gasteiger partial charge in [0.1, 0.15) is 5.82 Å². The van der Waals surface area contributed by atoms with Crippen LogP contribution in [0.5, 0.6) is 0 Å². The molecule has 20 heavy (non-hydrogen) atoms. The minimum atomic E-state index is -0.389. The van der Waals surface area contributed by atoms with Gasteiger partial charge in [0.05, 0.1) is 5.02 Å². The molecule has 2 aromatic rings. The zero-order valence-electron chi connectivity index (χ0n) is 10.8. The van der Waals surface area contributed by atoms with Crippen LogP contribution in [-0.2, 0) is 6.42 Å². The number of hydrogen-bond donors (Lipinski definition) is 1. The first-order valence-electron chi connectivity index (χ1n) is 6.08. The molecule has 0 saturated carbocycles. The van der Waals surface area contributed by atoms with E-state index in [9.17, 15) is 4.39 Å². The fraction of sp³-hybridized carbons (Fsp3) is 0.200. The molecule has 2 aromatic carbocycles. The Kier molecular flexibility index (Phi) is 5.28. The second-order valence-electron chi connectivity index (χ2n) is 4.42. The largest absolute Gasteiger partial charge is 0.313 e. The highest BCUT2D eigenvalue weighted by Crippen LogP contribution is 2.29. The second kappa shape index (κ2) is 6.77. The Labute approximate surface area is 132 Å². The average molecular weight is 333 g/mol. The molecule has 1 unspecified atom stereocenters. The van der Waals surface area contributed by atoms with Crippen LogP contribution < -0.4 is 5.32 Å². The summed E-state index contributed by atoms with van der Waals surface area (Å²) < 4.78 is 14.0. The summed E-state index contributed by atoms with van der Waals surface area (Å²) in [5.41, 5.74) is 1.42. The lowest BCUT2D eigenvalue weighted by Gasteiger charge is -2.19. The first-order valence-corrected chi connectivity index (χ1v) is 7.21. The molecule has 1 N–H and O–H groups in total. The maximum Gasteiger partial charge on any atom is 0.145 e. The van der Waals surface area contributed by atoms with Gasteiger partial charge in [-0.25, -0.2) is 4.39 Å². The topological polar surface area (TPSA) is 12.0 Å². The summed E-state index contributed by atoms with van der Waals surface area (Å²) >= 11 is 17.9. The smallest absolute Gasteiger partial charge is 0.145 e. The van der Waals surface area contributed by atoms with E-state index in [0.29, 0.717) is 22.0 Å². The molecule has 0 heterocycles. The van der Waals surface area contributed by atoms with Gasteiger partial charge in [-0.3, -0.25) is 0 Å². The Hall–Kier alpha value is -0.800. The SMILES string of the molecule is CNC(Cc1cccc(Cl)c1F)c1ccc(Cl)cc1Cl. The molecule has 106 valence electrons. The predicted molar refractivity (Wildman–Crippen MR) is 83.4 cm³/mol. The Balaban J connectivity index is 2.31. The van der Waals surface area contributed by atoms with Gasteiger partial charge in [-0.2, -0.15) is 0 Å². The molecule has 0 aromatic heterocycles. The third-order valence-corrected chi connectivity index (χ3v) is 4.00. The van der Waals surface area contributed by atoms with E-state index in [2.05, 4.69) is 5.32 Å². The second-order valence-corrected chi connectivity index (χ2v) is 5.67. The monoisotopic (exact) mass is 331 g/mol. The molecule has 0 aliphatic carbocycles. The third-order valence-electron chi connectivity index (χ3n) is 3.14. The fourth-order valence-corrected chi connectivity index (χ4v) is 2.81. The van der Waals surface area contributed by atoms with Crippen LogP contribution in [0.25, 0.3) is 0 Å². The number of rotatable bonds is 4. The quantitative estimate of drug-likeness (QED) is 0.802. The molecule has 2 rings (SSSR count). The lowest BCUT2D eigenvalue weighted by Crippen LogP contribution is -2.19. The van der Waals surface area contributed by atoms with Gasteiger partial charge < -0.3 is 5.32 Å². The number of nitrogens with one attached hydrogen (secondary N) is 1. The van der Waals surface area contributed by atoms with Crippen molar-refractivity contribution < 1.29 is 4.39 Å². The van der Waals surface area contributed by atoms with Crippen molar-refractivity contribution in [2.24, 2.45) is 0 Å². The van der Waals surface area contributed by atoms with Crippen LogP contribution in [0.15, 0.2) is 36.4 Å². The predicted octanol–water partition coefficient (Wildman–Crippen LogP) is 5.29. The van der Waals surface area contributed by atoms with E-state index in [0.717, 1.165) is 5.56 Å². The molecular formula is C15H13Cl3FN. The van der Waals surface area contributed by atoms with E-state index in [-0.39, 0.29) is 16.9 Å². The molecule has 0 fully saturated rings. The molecule has 0 radical (unpaired) electrons. The van der Waals surface area contributed by atoms with Gasteiger partial charge >= 0.3 is 0 Å². The van der Waals surface area contributed by atoms with E-state index in [1.54, 1.807) is 31.3 Å². The van der Waals surface area contributed by atoms with Crippen molar-refractivity contribution in [3.63, 3.8) is 0 Å². The van der Waals surface area contributed by atoms with Crippen LogP contribution >= 0.6 is 34.8 Å². The van der Waals surface area contributed by atoms with Crippen LogP contribution in [0.2, 0.25) is 15.1 Å². The lowest BCUT2D eigenvalue weighted by molar-refractivity contribution is 0.555. The number of hydrogen-bond acceptors (Lipinski definition) is 1. The summed E-state index contributed by atoms with van der Waals surface area (Å²) in [6.45, 7) is 0. The number of benzene rings is 2. The molecule has 0 spiro atoms. The van der Waals surface area contributed by atoms with Crippen LogP contribution in [0.1, 0.15) is 17.2 Å². The minimum absolute atomic E-state index is 0.118. The number of halogens is 4. The Morgan fingerprint density at radius 2 is 1.85 bits per heavy atom. The van der Waals surface area contributed by atoms with E-state index in [4.69, 9.17) is 34.8 Å². The molecule has 0 amide bonds. The van der Waals surface area contributed by atoms with E-state index in [1.807, 2.05) is 6.07 Å². The van der Waals surface area contributed by atoms with Gasteiger partial charge in [0.2, 0.25) is 0 Å². The first-order chi connectivity index (χ1) is 9.52. The van der Waals surface area contributed by atoms with Crippen molar-refractivity contribution >= 4 is 34.8 Å². The van der Waals surface area contributed by atoms with Gasteiger partial charge in [-0.1, -0.05) is 53.0 Å². The minimum Gasteiger partial charge on any atom is -0.313 e. The molecule has 0 bridgehead atoms. The summed E-state index contributed by atoms with van der Waals surface area (Å²) in [5.74, 6) is -0.389. The van der Waals surface area contributed by atoms with E-state index in [1.165, 1.54) is 6.07 Å². The van der Waals surface area contributed by atoms with Gasteiger partial charge in [0.25, 0.3) is 0 Å². The summed E-state index contributed by atoms with van der Waals surface area (Å²) in [5, 5.41) is 4.39.